The molecule has 6 nitrogen and oxygen atoms in total. The predicted octanol–water partition coefficient (Wildman–Crippen LogP) is -7.85. The first-order chi connectivity index (χ1) is 4.95. The molecule has 9 heteroatoms. The summed E-state index contributed by atoms with van der Waals surface area (Å²) in [6.07, 6.45) is -0.446. The van der Waals surface area contributed by atoms with E-state index in [0.29, 0.717) is 0 Å². The first-order valence-electron chi connectivity index (χ1n) is 2.87. The smallest absolute Gasteiger partial charge is 0.811 e. The van der Waals surface area contributed by atoms with Gasteiger partial charge in [-0.15, -0.1) is 0 Å². The van der Waals surface area contributed by atoms with Crippen molar-refractivity contribution in [3.05, 3.63) is 0 Å². The molecule has 66 valence electrons. The van der Waals surface area contributed by atoms with Gasteiger partial charge in [-0.3, -0.25) is 10.0 Å². The van der Waals surface area contributed by atoms with Crippen molar-refractivity contribution in [2.24, 2.45) is 0 Å². The first kappa shape index (κ1) is 21.2. The van der Waals surface area contributed by atoms with E-state index < -0.39 is 13.8 Å². The van der Waals surface area contributed by atoms with Gasteiger partial charge in [0.05, 0.1) is 0 Å². The van der Waals surface area contributed by atoms with Crippen LogP contribution in [0.2, 0.25) is 0 Å². The third-order valence-electron chi connectivity index (χ3n) is 0.941. The van der Waals surface area contributed by atoms with Crippen molar-refractivity contribution in [2.45, 2.75) is 6.42 Å². The van der Waals surface area contributed by atoms with E-state index in [9.17, 15) is 19.1 Å². The number of carbonyl (C=O) groups is 1. The molecule has 0 unspecified atom stereocenters. The van der Waals surface area contributed by atoms with E-state index in [-0.39, 0.29) is 127 Å². The maximum absolute atomic E-state index is 9.98. The first-order valence-corrected chi connectivity index (χ1v) is 4.60. The zero-order valence-corrected chi connectivity index (χ0v) is 14.8. The summed E-state index contributed by atoms with van der Waals surface area (Å²) in [5.41, 5.74) is 0. The standard InChI is InChI=1S/C4H10NO5P.2K/c6-4-5(7)2-1-3-11(8,9)10;;/h4,7H,1-3H2,(H2,8,9,10);;/q;2*+1/p-2. The molecular formula is C4H8K2NO5P. The Morgan fingerprint density at radius 3 is 2.15 bits per heavy atom. The number of hydrogen-bond donors (Lipinski definition) is 1. The van der Waals surface area contributed by atoms with Crippen LogP contribution in [0.1, 0.15) is 6.42 Å². The van der Waals surface area contributed by atoms with Gasteiger partial charge in [0.15, 0.2) is 0 Å². The Balaban J connectivity index is -0.000000500. The maximum atomic E-state index is 9.98. The van der Waals surface area contributed by atoms with Gasteiger partial charge in [0, 0.05) is 6.54 Å². The molecule has 0 rings (SSSR count). The summed E-state index contributed by atoms with van der Waals surface area (Å²) in [5.74, 6) is 0. The fourth-order valence-electron chi connectivity index (χ4n) is 0.479. The van der Waals surface area contributed by atoms with Crippen molar-refractivity contribution >= 4 is 14.0 Å². The number of amides is 1. The minimum Gasteiger partial charge on any atom is -0.811 e. The molecule has 0 heterocycles. The van der Waals surface area contributed by atoms with Gasteiger partial charge >= 0.3 is 103 Å². The Morgan fingerprint density at radius 1 is 1.38 bits per heavy atom. The maximum Gasteiger partial charge on any atom is 1.00 e. The Bertz CT molecular complexity index is 174. The van der Waals surface area contributed by atoms with Crippen LogP contribution >= 0.6 is 7.60 Å². The van der Waals surface area contributed by atoms with E-state index >= 15 is 0 Å². The number of nitrogens with zero attached hydrogens (tertiary/aromatic N) is 1. The quantitative estimate of drug-likeness (QED) is 0.174. The van der Waals surface area contributed by atoms with Crippen molar-refractivity contribution in [2.75, 3.05) is 12.7 Å². The van der Waals surface area contributed by atoms with Crippen molar-refractivity contribution in [3.8, 4) is 0 Å². The molecule has 0 spiro atoms. The molecule has 0 aliphatic rings. The van der Waals surface area contributed by atoms with Gasteiger partial charge in [0.2, 0.25) is 6.41 Å². The number of hydroxylamine groups is 2. The predicted molar refractivity (Wildman–Crippen MR) is 31.6 cm³/mol. The number of rotatable bonds is 5. The van der Waals surface area contributed by atoms with Gasteiger partial charge in [0.1, 0.15) is 0 Å². The molecule has 0 aromatic rings. The molecule has 0 radical (unpaired) electrons. The van der Waals surface area contributed by atoms with Crippen molar-refractivity contribution in [1.29, 1.82) is 0 Å². The Labute approximate surface area is 161 Å². The van der Waals surface area contributed by atoms with Crippen molar-refractivity contribution in [3.63, 3.8) is 0 Å². The molecule has 0 aliphatic heterocycles. The van der Waals surface area contributed by atoms with Crippen LogP contribution in [-0.2, 0) is 9.36 Å². The van der Waals surface area contributed by atoms with Gasteiger partial charge in [-0.2, -0.15) is 0 Å². The monoisotopic (exact) mass is 259 g/mol. The molecule has 0 saturated carbocycles. The zero-order chi connectivity index (χ0) is 8.91. The average molecular weight is 259 g/mol. The van der Waals surface area contributed by atoms with Crippen LogP contribution in [0.4, 0.5) is 0 Å². The van der Waals surface area contributed by atoms with Crippen LogP contribution in [0.5, 0.6) is 0 Å². The molecule has 13 heavy (non-hydrogen) atoms. The van der Waals surface area contributed by atoms with E-state index in [2.05, 4.69) is 0 Å². The summed E-state index contributed by atoms with van der Waals surface area (Å²) in [5, 5.41) is 8.71. The summed E-state index contributed by atoms with van der Waals surface area (Å²) in [6.45, 7) is -0.141. The molecule has 0 aliphatic carbocycles. The molecule has 1 N–H and O–H groups in total. The van der Waals surface area contributed by atoms with Crippen LogP contribution in [-0.4, -0.2) is 29.4 Å². The molecule has 0 bridgehead atoms. The average Bonchev–Trinajstić information content (AvgIpc) is 1.85. The second-order valence-corrected chi connectivity index (χ2v) is 3.63. The molecule has 0 saturated heterocycles. The van der Waals surface area contributed by atoms with E-state index in [1.54, 1.807) is 0 Å². The molecule has 1 amide bonds. The third kappa shape index (κ3) is 17.5. The van der Waals surface area contributed by atoms with Crippen LogP contribution < -0.4 is 113 Å². The van der Waals surface area contributed by atoms with E-state index in [0.717, 1.165) is 0 Å². The summed E-state index contributed by atoms with van der Waals surface area (Å²) >= 11 is 0. The van der Waals surface area contributed by atoms with Crippen molar-refractivity contribution < 1.29 is 127 Å². The molecule has 0 aromatic heterocycles. The molecule has 0 aromatic carbocycles. The van der Waals surface area contributed by atoms with Gasteiger partial charge in [-0.25, -0.2) is 5.06 Å². The van der Waals surface area contributed by atoms with Gasteiger partial charge < -0.3 is 14.4 Å². The largest absolute Gasteiger partial charge is 1.00 e. The van der Waals surface area contributed by atoms with Gasteiger partial charge in [0.25, 0.3) is 0 Å². The van der Waals surface area contributed by atoms with Gasteiger partial charge in [-0.05, 0) is 12.6 Å². The van der Waals surface area contributed by atoms with Crippen LogP contribution in [0.25, 0.3) is 0 Å². The molecular weight excluding hydrogens is 251 g/mol. The summed E-state index contributed by atoms with van der Waals surface area (Å²) in [7, 11) is -4.49. The van der Waals surface area contributed by atoms with E-state index in [1.165, 1.54) is 0 Å². The SMILES string of the molecule is O=CN(O)CCCP(=O)([O-])[O-].[K+].[K+]. The molecule has 0 fully saturated rings. The van der Waals surface area contributed by atoms with Gasteiger partial charge in [-0.1, -0.05) is 7.60 Å². The van der Waals surface area contributed by atoms with E-state index in [1.807, 2.05) is 0 Å². The minimum atomic E-state index is -4.49. The second-order valence-electron chi connectivity index (χ2n) is 1.96. The number of carbonyl (C=O) groups excluding carboxylic acids is 1. The summed E-state index contributed by atoms with van der Waals surface area (Å²) < 4.78 is 9.98. The van der Waals surface area contributed by atoms with Crippen LogP contribution in [0, 0.1) is 0 Å². The Hall–Kier alpha value is 2.85. The third-order valence-corrected chi connectivity index (χ3v) is 1.80. The normalized spacial score (nSPS) is 9.46. The number of hydrogen-bond acceptors (Lipinski definition) is 5. The zero-order valence-electron chi connectivity index (χ0n) is 7.67. The fourth-order valence-corrected chi connectivity index (χ4v) is 1.01. The van der Waals surface area contributed by atoms with E-state index in [4.69, 9.17) is 5.21 Å². The van der Waals surface area contributed by atoms with Crippen LogP contribution in [0.3, 0.4) is 0 Å². The summed E-state index contributed by atoms with van der Waals surface area (Å²) in [6, 6.07) is 0. The Kier molecular flexibility index (Phi) is 18.5. The fraction of sp³-hybridized carbons (Fsp3) is 0.750. The minimum absolute atomic E-state index is 0. The molecule has 0 atom stereocenters. The van der Waals surface area contributed by atoms with Crippen molar-refractivity contribution in [1.82, 2.24) is 5.06 Å². The second kappa shape index (κ2) is 11.3. The topological polar surface area (TPSA) is 104 Å². The Morgan fingerprint density at radius 2 is 1.85 bits per heavy atom. The van der Waals surface area contributed by atoms with Crippen LogP contribution in [0.15, 0.2) is 0 Å². The summed E-state index contributed by atoms with van der Waals surface area (Å²) in [4.78, 5) is 29.7.